The largest absolute Gasteiger partial charge is 0.366 e. The van der Waals surface area contributed by atoms with E-state index < -0.39 is 10.8 Å². The van der Waals surface area contributed by atoms with Crippen molar-refractivity contribution in [2.24, 2.45) is 5.73 Å². The maximum atomic E-state index is 11.9. The van der Waals surface area contributed by atoms with E-state index in [9.17, 15) is 19.7 Å². The minimum Gasteiger partial charge on any atom is -0.366 e. The van der Waals surface area contributed by atoms with E-state index in [0.717, 1.165) is 43.5 Å². The fourth-order valence-corrected chi connectivity index (χ4v) is 2.98. The number of nitro benzene ring substituents is 1. The van der Waals surface area contributed by atoms with Gasteiger partial charge in [0.15, 0.2) is 0 Å². The number of nitrogens with one attached hydrogen (secondary N) is 1. The van der Waals surface area contributed by atoms with Gasteiger partial charge in [0, 0.05) is 17.7 Å². The van der Waals surface area contributed by atoms with Crippen molar-refractivity contribution in [1.29, 1.82) is 0 Å². The Balaban J connectivity index is 2.61. The molecule has 0 aromatic heterocycles. The van der Waals surface area contributed by atoms with Crippen LogP contribution in [0, 0.1) is 10.1 Å². The highest BCUT2D eigenvalue weighted by molar-refractivity contribution is 8.00. The van der Waals surface area contributed by atoms with Crippen LogP contribution in [0.5, 0.6) is 0 Å². The summed E-state index contributed by atoms with van der Waals surface area (Å²) in [4.78, 5) is 33.9. The van der Waals surface area contributed by atoms with Crippen LogP contribution in [0.1, 0.15) is 49.9 Å². The van der Waals surface area contributed by atoms with E-state index in [4.69, 9.17) is 5.73 Å². The standard InChI is InChI=1S/C16H23N3O4S/c1-3-4-5-6-11(2)18-15(20)10-24-14-8-7-12(16(17)21)9-13(14)19(22)23/h7-9,11H,3-6,10H2,1-2H3,(H2,17,21)(H,18,20). The maximum Gasteiger partial charge on any atom is 0.283 e. The molecule has 0 bridgehead atoms. The molecule has 0 aliphatic heterocycles. The highest BCUT2D eigenvalue weighted by Crippen LogP contribution is 2.30. The van der Waals surface area contributed by atoms with Crippen molar-refractivity contribution < 1.29 is 14.5 Å². The zero-order chi connectivity index (χ0) is 18.1. The molecular formula is C16H23N3O4S. The van der Waals surface area contributed by atoms with E-state index in [1.807, 2.05) is 6.92 Å². The number of thioether (sulfide) groups is 1. The van der Waals surface area contributed by atoms with Crippen molar-refractivity contribution in [3.8, 4) is 0 Å². The Hall–Kier alpha value is -2.09. The van der Waals surface area contributed by atoms with Crippen LogP contribution in [0.4, 0.5) is 5.69 Å². The van der Waals surface area contributed by atoms with Gasteiger partial charge in [-0.05, 0) is 25.5 Å². The first-order valence-electron chi connectivity index (χ1n) is 7.85. The van der Waals surface area contributed by atoms with Crippen LogP contribution in [-0.2, 0) is 4.79 Å². The fraction of sp³-hybridized carbons (Fsp3) is 0.500. The first kappa shape index (κ1) is 20.0. The van der Waals surface area contributed by atoms with Crippen LogP contribution >= 0.6 is 11.8 Å². The molecular weight excluding hydrogens is 330 g/mol. The lowest BCUT2D eigenvalue weighted by Crippen LogP contribution is -2.33. The molecule has 1 atom stereocenters. The number of nitrogens with two attached hydrogens (primary N) is 1. The summed E-state index contributed by atoms with van der Waals surface area (Å²) in [6.45, 7) is 4.07. The number of nitrogens with zero attached hydrogens (tertiary/aromatic N) is 1. The third kappa shape index (κ3) is 6.57. The summed E-state index contributed by atoms with van der Waals surface area (Å²) >= 11 is 1.07. The van der Waals surface area contributed by atoms with Gasteiger partial charge >= 0.3 is 0 Å². The highest BCUT2D eigenvalue weighted by atomic mass is 32.2. The van der Waals surface area contributed by atoms with Crippen LogP contribution in [0.2, 0.25) is 0 Å². The molecule has 0 spiro atoms. The summed E-state index contributed by atoms with van der Waals surface area (Å²) in [7, 11) is 0. The molecule has 0 heterocycles. The Labute approximate surface area is 145 Å². The molecule has 0 radical (unpaired) electrons. The molecule has 1 unspecified atom stereocenters. The number of benzene rings is 1. The van der Waals surface area contributed by atoms with E-state index in [2.05, 4.69) is 12.2 Å². The average molecular weight is 353 g/mol. The smallest absolute Gasteiger partial charge is 0.283 e. The highest BCUT2D eigenvalue weighted by Gasteiger charge is 2.18. The summed E-state index contributed by atoms with van der Waals surface area (Å²) in [6.07, 6.45) is 4.23. The molecule has 24 heavy (non-hydrogen) atoms. The Kier molecular flexibility index (Phi) is 8.25. The molecule has 0 saturated heterocycles. The van der Waals surface area contributed by atoms with Crippen molar-refractivity contribution >= 4 is 29.3 Å². The van der Waals surface area contributed by atoms with E-state index in [0.29, 0.717) is 4.90 Å². The minimum absolute atomic E-state index is 0.0695. The van der Waals surface area contributed by atoms with E-state index in [1.54, 1.807) is 0 Å². The van der Waals surface area contributed by atoms with Crippen LogP contribution in [0.3, 0.4) is 0 Å². The van der Waals surface area contributed by atoms with Crippen LogP contribution < -0.4 is 11.1 Å². The Morgan fingerprint density at radius 2 is 2.08 bits per heavy atom. The fourth-order valence-electron chi connectivity index (χ4n) is 2.17. The number of unbranched alkanes of at least 4 members (excludes halogenated alkanes) is 2. The quantitative estimate of drug-likeness (QED) is 0.290. The summed E-state index contributed by atoms with van der Waals surface area (Å²) in [5.41, 5.74) is 4.97. The second-order valence-corrected chi connectivity index (χ2v) is 6.57. The normalized spacial score (nSPS) is 11.8. The lowest BCUT2D eigenvalue weighted by molar-refractivity contribution is -0.387. The third-order valence-electron chi connectivity index (χ3n) is 3.45. The first-order valence-corrected chi connectivity index (χ1v) is 8.84. The van der Waals surface area contributed by atoms with Crippen LogP contribution in [0.25, 0.3) is 0 Å². The van der Waals surface area contributed by atoms with Crippen molar-refractivity contribution in [2.45, 2.75) is 50.5 Å². The number of hydrogen-bond donors (Lipinski definition) is 2. The zero-order valence-electron chi connectivity index (χ0n) is 13.9. The molecule has 0 saturated carbocycles. The molecule has 0 aliphatic carbocycles. The molecule has 1 aromatic rings. The molecule has 132 valence electrons. The third-order valence-corrected chi connectivity index (χ3v) is 4.51. The summed E-state index contributed by atoms with van der Waals surface area (Å²) in [6, 6.07) is 4.08. The Bertz CT molecular complexity index is 607. The van der Waals surface area contributed by atoms with Gasteiger partial charge in [0.2, 0.25) is 11.8 Å². The van der Waals surface area contributed by atoms with Gasteiger partial charge in [0.05, 0.1) is 15.6 Å². The lowest BCUT2D eigenvalue weighted by atomic mass is 10.1. The molecule has 3 N–H and O–H groups in total. The van der Waals surface area contributed by atoms with Gasteiger partial charge in [0.1, 0.15) is 0 Å². The van der Waals surface area contributed by atoms with Gasteiger partial charge in [-0.3, -0.25) is 19.7 Å². The SMILES string of the molecule is CCCCCC(C)NC(=O)CSc1ccc(C(N)=O)cc1[N+](=O)[O-]. The summed E-state index contributed by atoms with van der Waals surface area (Å²) in [5.74, 6) is -0.819. The van der Waals surface area contributed by atoms with E-state index >= 15 is 0 Å². The summed E-state index contributed by atoms with van der Waals surface area (Å²) in [5, 5.41) is 14.0. The second-order valence-electron chi connectivity index (χ2n) is 5.56. The number of carbonyl (C=O) groups is 2. The zero-order valence-corrected chi connectivity index (χ0v) is 14.7. The molecule has 8 heteroatoms. The number of nitro groups is 1. The van der Waals surface area contributed by atoms with Crippen LogP contribution in [0.15, 0.2) is 23.1 Å². The molecule has 0 aliphatic rings. The van der Waals surface area contributed by atoms with Crippen molar-refractivity contribution in [3.05, 3.63) is 33.9 Å². The van der Waals surface area contributed by atoms with Gasteiger partial charge < -0.3 is 11.1 Å². The molecule has 2 amide bonds. The van der Waals surface area contributed by atoms with Gasteiger partial charge in [-0.2, -0.15) is 0 Å². The van der Waals surface area contributed by atoms with Gasteiger partial charge in [0.25, 0.3) is 5.69 Å². The maximum absolute atomic E-state index is 11.9. The number of carbonyl (C=O) groups excluding carboxylic acids is 2. The van der Waals surface area contributed by atoms with E-state index in [-0.39, 0.29) is 29.0 Å². The number of hydrogen-bond acceptors (Lipinski definition) is 5. The molecule has 0 fully saturated rings. The molecule has 1 rings (SSSR count). The van der Waals surface area contributed by atoms with Crippen molar-refractivity contribution in [1.82, 2.24) is 5.32 Å². The lowest BCUT2D eigenvalue weighted by Gasteiger charge is -2.13. The van der Waals surface area contributed by atoms with Gasteiger partial charge in [-0.25, -0.2) is 0 Å². The van der Waals surface area contributed by atoms with Gasteiger partial charge in [-0.15, -0.1) is 11.8 Å². The molecule has 7 nitrogen and oxygen atoms in total. The second kappa shape index (κ2) is 9.92. The molecule has 1 aromatic carbocycles. The summed E-state index contributed by atoms with van der Waals surface area (Å²) < 4.78 is 0. The van der Waals surface area contributed by atoms with Crippen molar-refractivity contribution in [3.63, 3.8) is 0 Å². The van der Waals surface area contributed by atoms with E-state index in [1.165, 1.54) is 12.1 Å². The van der Waals surface area contributed by atoms with Gasteiger partial charge in [-0.1, -0.05) is 26.2 Å². The Morgan fingerprint density at radius 3 is 2.67 bits per heavy atom. The van der Waals surface area contributed by atoms with Crippen LogP contribution in [-0.4, -0.2) is 28.5 Å². The number of primary amides is 1. The topological polar surface area (TPSA) is 115 Å². The predicted molar refractivity (Wildman–Crippen MR) is 94.1 cm³/mol. The monoisotopic (exact) mass is 353 g/mol. The minimum atomic E-state index is -0.728. The van der Waals surface area contributed by atoms with Crippen molar-refractivity contribution in [2.75, 3.05) is 5.75 Å². The predicted octanol–water partition coefficient (Wildman–Crippen LogP) is 2.87. The number of rotatable bonds is 10. The number of amides is 2. The first-order chi connectivity index (χ1) is 11.3. The Morgan fingerprint density at radius 1 is 1.38 bits per heavy atom. The average Bonchev–Trinajstić information content (AvgIpc) is 2.52.